The molecule has 2 amide bonds. The summed E-state index contributed by atoms with van der Waals surface area (Å²) in [5.41, 5.74) is 2.82. The first-order chi connectivity index (χ1) is 10.6. The van der Waals surface area contributed by atoms with Crippen LogP contribution in [0.2, 0.25) is 0 Å². The number of alkyl halides is 2. The molecule has 1 saturated carbocycles. The van der Waals surface area contributed by atoms with Gasteiger partial charge in [0.1, 0.15) is 0 Å². The van der Waals surface area contributed by atoms with Gasteiger partial charge in [-0.15, -0.1) is 0 Å². The Morgan fingerprint density at radius 3 is 2.36 bits per heavy atom. The minimum absolute atomic E-state index is 0.310. The van der Waals surface area contributed by atoms with Crippen molar-refractivity contribution in [2.75, 3.05) is 6.54 Å². The molecule has 0 aromatic heterocycles. The van der Waals surface area contributed by atoms with Crippen molar-refractivity contribution in [3.8, 4) is 0 Å². The molecule has 3 rings (SSSR count). The molecule has 0 radical (unpaired) electrons. The quantitative estimate of drug-likeness (QED) is 0.824. The molecule has 0 bridgehead atoms. The normalized spacial score (nSPS) is 24.5. The van der Waals surface area contributed by atoms with Gasteiger partial charge in [0.05, 0.1) is 0 Å². The number of hydrogen-bond donors (Lipinski definition) is 2. The van der Waals surface area contributed by atoms with Gasteiger partial charge in [0.15, 0.2) is 0 Å². The second kappa shape index (κ2) is 6.63. The predicted octanol–water partition coefficient (Wildman–Crippen LogP) is 3.13. The summed E-state index contributed by atoms with van der Waals surface area (Å²) in [6, 6.07) is 7.83. The standard InChI is InChI=1S/C17H22F2N2O/c18-16(19)14-9-15(14)21-17(22)20-10-11-5-7-12-3-1-2-4-13(12)8-6-11/h1-4,11,14-16H,5-10H2,(H2,20,21,22)/t14-,15+/m1/s1. The summed E-state index contributed by atoms with van der Waals surface area (Å²) in [7, 11) is 0. The third kappa shape index (κ3) is 3.76. The third-order valence-corrected chi connectivity index (χ3v) is 4.79. The van der Waals surface area contributed by atoms with Gasteiger partial charge in [-0.3, -0.25) is 0 Å². The highest BCUT2D eigenvalue weighted by molar-refractivity contribution is 5.74. The molecule has 2 atom stereocenters. The van der Waals surface area contributed by atoms with Crippen LogP contribution in [0.4, 0.5) is 13.6 Å². The van der Waals surface area contributed by atoms with E-state index in [1.54, 1.807) is 0 Å². The Hall–Kier alpha value is -1.65. The summed E-state index contributed by atoms with van der Waals surface area (Å²) < 4.78 is 24.8. The number of halogens is 2. The Balaban J connectivity index is 1.40. The molecular formula is C17H22F2N2O. The number of aryl methyl sites for hydroxylation is 2. The fourth-order valence-electron chi connectivity index (χ4n) is 3.23. The third-order valence-electron chi connectivity index (χ3n) is 4.79. The lowest BCUT2D eigenvalue weighted by Crippen LogP contribution is -2.40. The Morgan fingerprint density at radius 2 is 1.82 bits per heavy atom. The van der Waals surface area contributed by atoms with Gasteiger partial charge >= 0.3 is 6.03 Å². The average Bonchev–Trinajstić information content (AvgIpc) is 3.28. The molecule has 3 nitrogen and oxygen atoms in total. The van der Waals surface area contributed by atoms with Crippen molar-refractivity contribution < 1.29 is 13.6 Å². The average molecular weight is 308 g/mol. The molecule has 1 aromatic rings. The van der Waals surface area contributed by atoms with E-state index in [1.807, 2.05) is 0 Å². The van der Waals surface area contributed by atoms with Crippen LogP contribution in [-0.4, -0.2) is 25.0 Å². The zero-order valence-electron chi connectivity index (χ0n) is 12.5. The van der Waals surface area contributed by atoms with Gasteiger partial charge in [-0.1, -0.05) is 24.3 Å². The molecule has 1 aromatic carbocycles. The number of nitrogens with one attached hydrogen (secondary N) is 2. The van der Waals surface area contributed by atoms with Gasteiger partial charge in [0, 0.05) is 18.5 Å². The molecule has 2 aliphatic carbocycles. The van der Waals surface area contributed by atoms with Crippen molar-refractivity contribution in [3.63, 3.8) is 0 Å². The fraction of sp³-hybridized carbons (Fsp3) is 0.588. The molecule has 0 spiro atoms. The van der Waals surface area contributed by atoms with E-state index in [-0.39, 0.29) is 12.1 Å². The SMILES string of the molecule is O=C(NCC1CCc2ccccc2CC1)N[C@H]1C[C@H]1C(F)F. The van der Waals surface area contributed by atoms with E-state index in [4.69, 9.17) is 0 Å². The molecule has 5 heteroatoms. The zero-order valence-corrected chi connectivity index (χ0v) is 12.5. The summed E-state index contributed by atoms with van der Waals surface area (Å²) in [5.74, 6) is -0.207. The van der Waals surface area contributed by atoms with Crippen LogP contribution in [-0.2, 0) is 12.8 Å². The number of urea groups is 1. The molecule has 22 heavy (non-hydrogen) atoms. The number of amides is 2. The van der Waals surface area contributed by atoms with Gasteiger partial charge < -0.3 is 10.6 Å². The van der Waals surface area contributed by atoms with Crippen molar-refractivity contribution in [1.29, 1.82) is 0 Å². The Bertz CT molecular complexity index is 508. The Kier molecular flexibility index (Phi) is 4.60. The topological polar surface area (TPSA) is 41.1 Å². The van der Waals surface area contributed by atoms with Crippen LogP contribution in [0.25, 0.3) is 0 Å². The van der Waals surface area contributed by atoms with Gasteiger partial charge in [-0.2, -0.15) is 0 Å². The van der Waals surface area contributed by atoms with E-state index < -0.39 is 12.3 Å². The number of hydrogen-bond acceptors (Lipinski definition) is 1. The van der Waals surface area contributed by atoms with Gasteiger partial charge in [0.2, 0.25) is 6.43 Å². The first-order valence-electron chi connectivity index (χ1n) is 8.03. The van der Waals surface area contributed by atoms with Crippen LogP contribution in [0.3, 0.4) is 0 Å². The second-order valence-corrected chi connectivity index (χ2v) is 6.41. The first-order valence-corrected chi connectivity index (χ1v) is 8.03. The van der Waals surface area contributed by atoms with Gasteiger partial charge in [-0.05, 0) is 49.1 Å². The number of benzene rings is 1. The highest BCUT2D eigenvalue weighted by atomic mass is 19.3. The molecule has 0 saturated heterocycles. The van der Waals surface area contributed by atoms with Gasteiger partial charge in [0.25, 0.3) is 0 Å². The molecule has 0 aliphatic heterocycles. The lowest BCUT2D eigenvalue weighted by atomic mass is 10.00. The summed E-state index contributed by atoms with van der Waals surface area (Å²) in [4.78, 5) is 11.7. The molecular weight excluding hydrogens is 286 g/mol. The number of carbonyl (C=O) groups is 1. The summed E-state index contributed by atoms with van der Waals surface area (Å²) in [5, 5.41) is 5.47. The summed E-state index contributed by atoms with van der Waals surface area (Å²) >= 11 is 0. The lowest BCUT2D eigenvalue weighted by Gasteiger charge is -2.15. The van der Waals surface area contributed by atoms with E-state index in [0.29, 0.717) is 18.9 Å². The van der Waals surface area contributed by atoms with Crippen molar-refractivity contribution >= 4 is 6.03 Å². The van der Waals surface area contributed by atoms with Gasteiger partial charge in [-0.25, -0.2) is 13.6 Å². The van der Waals surface area contributed by atoms with Crippen molar-refractivity contribution in [2.24, 2.45) is 11.8 Å². The molecule has 1 fully saturated rings. The van der Waals surface area contributed by atoms with Crippen molar-refractivity contribution in [2.45, 2.75) is 44.6 Å². The number of carbonyl (C=O) groups excluding carboxylic acids is 1. The van der Waals surface area contributed by atoms with Crippen LogP contribution in [0, 0.1) is 11.8 Å². The zero-order chi connectivity index (χ0) is 15.5. The van der Waals surface area contributed by atoms with Crippen LogP contribution in [0.1, 0.15) is 30.4 Å². The van der Waals surface area contributed by atoms with Crippen molar-refractivity contribution in [3.05, 3.63) is 35.4 Å². The van der Waals surface area contributed by atoms with Crippen LogP contribution < -0.4 is 10.6 Å². The maximum absolute atomic E-state index is 12.4. The minimum Gasteiger partial charge on any atom is -0.338 e. The van der Waals surface area contributed by atoms with Crippen LogP contribution >= 0.6 is 0 Å². The second-order valence-electron chi connectivity index (χ2n) is 6.41. The number of rotatable bonds is 4. The van der Waals surface area contributed by atoms with E-state index >= 15 is 0 Å². The Morgan fingerprint density at radius 1 is 1.18 bits per heavy atom. The molecule has 2 aliphatic rings. The highest BCUT2D eigenvalue weighted by Gasteiger charge is 2.45. The molecule has 0 heterocycles. The van der Waals surface area contributed by atoms with E-state index in [2.05, 4.69) is 34.9 Å². The van der Waals surface area contributed by atoms with E-state index in [0.717, 1.165) is 25.7 Å². The van der Waals surface area contributed by atoms with E-state index in [1.165, 1.54) is 11.1 Å². The predicted molar refractivity (Wildman–Crippen MR) is 81.0 cm³/mol. The van der Waals surface area contributed by atoms with Crippen LogP contribution in [0.5, 0.6) is 0 Å². The van der Waals surface area contributed by atoms with Crippen molar-refractivity contribution in [1.82, 2.24) is 10.6 Å². The Labute approximate surface area is 129 Å². The molecule has 0 unspecified atom stereocenters. The smallest absolute Gasteiger partial charge is 0.315 e. The van der Waals surface area contributed by atoms with E-state index in [9.17, 15) is 13.6 Å². The highest BCUT2D eigenvalue weighted by Crippen LogP contribution is 2.35. The van der Waals surface area contributed by atoms with Crippen LogP contribution in [0.15, 0.2) is 24.3 Å². The minimum atomic E-state index is -2.33. The number of fused-ring (bicyclic) bond motifs is 1. The molecule has 120 valence electrons. The molecule has 2 N–H and O–H groups in total. The largest absolute Gasteiger partial charge is 0.338 e. The fourth-order valence-corrected chi connectivity index (χ4v) is 3.23. The summed E-state index contributed by atoms with van der Waals surface area (Å²) in [6.07, 6.45) is 2.26. The monoisotopic (exact) mass is 308 g/mol. The first kappa shape index (κ1) is 15.3. The maximum atomic E-state index is 12.4. The summed E-state index contributed by atoms with van der Waals surface area (Å²) in [6.45, 7) is 0.617. The maximum Gasteiger partial charge on any atom is 0.315 e. The lowest BCUT2D eigenvalue weighted by molar-refractivity contribution is 0.119.